The molecule has 0 atom stereocenters. The van der Waals surface area contributed by atoms with Crippen LogP contribution >= 0.6 is 11.3 Å². The number of imidazole rings is 1. The van der Waals surface area contributed by atoms with Gasteiger partial charge in [-0.1, -0.05) is 5.16 Å². The summed E-state index contributed by atoms with van der Waals surface area (Å²) in [5.41, 5.74) is 4.16. The lowest BCUT2D eigenvalue weighted by Crippen LogP contribution is -1.93. The molecule has 0 aliphatic heterocycles. The summed E-state index contributed by atoms with van der Waals surface area (Å²) in [5.74, 6) is 1.17. The zero-order valence-electron chi connectivity index (χ0n) is 11.6. The molecule has 4 aromatic heterocycles. The zero-order chi connectivity index (χ0) is 14.4. The molecule has 0 amide bonds. The number of fused-ring (bicyclic) bond motifs is 1. The number of aryl methyl sites for hydroxylation is 2. The molecule has 0 saturated heterocycles. The van der Waals surface area contributed by atoms with Crippen molar-refractivity contribution in [2.75, 3.05) is 0 Å². The Labute approximate surface area is 124 Å². The summed E-state index contributed by atoms with van der Waals surface area (Å²) in [6, 6.07) is 6.04. The minimum atomic E-state index is 0.533. The largest absolute Gasteiger partial charge is 0.334 e. The van der Waals surface area contributed by atoms with Gasteiger partial charge in [-0.3, -0.25) is 0 Å². The van der Waals surface area contributed by atoms with Gasteiger partial charge in [0.15, 0.2) is 0 Å². The molecule has 0 saturated carbocycles. The summed E-state index contributed by atoms with van der Waals surface area (Å²) >= 11 is 1.62. The number of nitrogens with zero attached hydrogens (tertiary/aromatic N) is 4. The van der Waals surface area contributed by atoms with Crippen LogP contribution in [0.25, 0.3) is 27.7 Å². The van der Waals surface area contributed by atoms with Gasteiger partial charge >= 0.3 is 0 Å². The first-order chi connectivity index (χ1) is 10.2. The standard InChI is InChI=1S/C15H12N4OS/c1-9-5-6-21-13(9)14-17-15(20-18-14)12-4-3-11-7-16-8-19(11)10(12)2/h3-8H,1-2H3. The van der Waals surface area contributed by atoms with E-state index in [9.17, 15) is 0 Å². The summed E-state index contributed by atoms with van der Waals surface area (Å²) in [5, 5.41) is 6.14. The van der Waals surface area contributed by atoms with Crippen molar-refractivity contribution in [3.8, 4) is 22.2 Å². The van der Waals surface area contributed by atoms with Crippen molar-refractivity contribution in [1.82, 2.24) is 19.5 Å². The molecule has 0 N–H and O–H groups in total. The maximum absolute atomic E-state index is 5.45. The molecule has 4 aromatic rings. The molecule has 0 fully saturated rings. The molecule has 104 valence electrons. The summed E-state index contributed by atoms with van der Waals surface area (Å²) in [6.45, 7) is 4.06. The normalized spacial score (nSPS) is 11.3. The van der Waals surface area contributed by atoms with Crippen LogP contribution in [-0.4, -0.2) is 19.5 Å². The first kappa shape index (κ1) is 12.3. The van der Waals surface area contributed by atoms with Crippen molar-refractivity contribution < 1.29 is 4.52 Å². The van der Waals surface area contributed by atoms with Gasteiger partial charge in [-0.25, -0.2) is 4.98 Å². The zero-order valence-corrected chi connectivity index (χ0v) is 12.4. The second-order valence-corrected chi connectivity index (χ2v) is 5.79. The highest BCUT2D eigenvalue weighted by Crippen LogP contribution is 2.30. The van der Waals surface area contributed by atoms with Crippen molar-refractivity contribution in [2.45, 2.75) is 13.8 Å². The first-order valence-corrected chi connectivity index (χ1v) is 7.42. The molecule has 6 heteroatoms. The summed E-state index contributed by atoms with van der Waals surface area (Å²) in [6.07, 6.45) is 3.61. The van der Waals surface area contributed by atoms with Gasteiger partial charge in [0, 0.05) is 5.69 Å². The quantitative estimate of drug-likeness (QED) is 0.565. The van der Waals surface area contributed by atoms with Gasteiger partial charge in [-0.2, -0.15) is 4.98 Å². The highest BCUT2D eigenvalue weighted by Gasteiger charge is 2.16. The van der Waals surface area contributed by atoms with E-state index in [2.05, 4.69) is 21.2 Å². The maximum Gasteiger partial charge on any atom is 0.260 e. The molecule has 0 unspecified atom stereocenters. The van der Waals surface area contributed by atoms with Gasteiger partial charge < -0.3 is 8.92 Å². The number of hydrogen-bond acceptors (Lipinski definition) is 5. The molecule has 0 bridgehead atoms. The van der Waals surface area contributed by atoms with E-state index in [1.807, 2.05) is 42.0 Å². The molecule has 0 spiro atoms. The Hall–Kier alpha value is -2.47. The average Bonchev–Trinajstić information content (AvgIpc) is 3.17. The second-order valence-electron chi connectivity index (χ2n) is 4.88. The monoisotopic (exact) mass is 296 g/mol. The number of hydrogen-bond donors (Lipinski definition) is 0. The van der Waals surface area contributed by atoms with Crippen molar-refractivity contribution in [3.63, 3.8) is 0 Å². The number of pyridine rings is 1. The Bertz CT molecular complexity index is 934. The topological polar surface area (TPSA) is 56.2 Å². The predicted molar refractivity (Wildman–Crippen MR) is 81.3 cm³/mol. The molecule has 4 rings (SSSR count). The molecule has 5 nitrogen and oxygen atoms in total. The Morgan fingerprint density at radius 3 is 2.90 bits per heavy atom. The third-order valence-corrected chi connectivity index (χ3v) is 4.57. The van der Waals surface area contributed by atoms with Crippen LogP contribution in [0.3, 0.4) is 0 Å². The Kier molecular flexibility index (Phi) is 2.65. The molecular weight excluding hydrogens is 284 g/mol. The van der Waals surface area contributed by atoms with E-state index in [1.54, 1.807) is 17.7 Å². The van der Waals surface area contributed by atoms with Crippen LogP contribution in [0.1, 0.15) is 11.3 Å². The van der Waals surface area contributed by atoms with E-state index in [0.29, 0.717) is 11.7 Å². The van der Waals surface area contributed by atoms with Crippen LogP contribution in [0.4, 0.5) is 0 Å². The van der Waals surface area contributed by atoms with Gasteiger partial charge in [0.2, 0.25) is 5.82 Å². The predicted octanol–water partition coefficient (Wildman–Crippen LogP) is 3.73. The van der Waals surface area contributed by atoms with E-state index >= 15 is 0 Å². The highest BCUT2D eigenvalue weighted by molar-refractivity contribution is 7.13. The lowest BCUT2D eigenvalue weighted by molar-refractivity contribution is 0.432. The Balaban J connectivity index is 1.84. The van der Waals surface area contributed by atoms with Crippen LogP contribution in [0.5, 0.6) is 0 Å². The smallest absolute Gasteiger partial charge is 0.260 e. The van der Waals surface area contributed by atoms with Crippen molar-refractivity contribution >= 4 is 16.9 Å². The second kappa shape index (κ2) is 4.53. The number of rotatable bonds is 2. The minimum absolute atomic E-state index is 0.533. The fourth-order valence-corrected chi connectivity index (χ4v) is 3.23. The highest BCUT2D eigenvalue weighted by atomic mass is 32.1. The minimum Gasteiger partial charge on any atom is -0.334 e. The average molecular weight is 296 g/mol. The lowest BCUT2D eigenvalue weighted by Gasteiger charge is -2.03. The summed E-state index contributed by atoms with van der Waals surface area (Å²) in [4.78, 5) is 9.73. The van der Waals surface area contributed by atoms with Gasteiger partial charge in [-0.15, -0.1) is 11.3 Å². The third-order valence-electron chi connectivity index (χ3n) is 3.56. The maximum atomic E-state index is 5.45. The van der Waals surface area contributed by atoms with Crippen LogP contribution in [0.15, 0.2) is 40.6 Å². The van der Waals surface area contributed by atoms with E-state index in [1.165, 1.54) is 0 Å². The molecule has 0 aliphatic carbocycles. The van der Waals surface area contributed by atoms with E-state index in [0.717, 1.165) is 27.2 Å². The molecule has 0 aromatic carbocycles. The van der Waals surface area contributed by atoms with Crippen LogP contribution in [0, 0.1) is 13.8 Å². The summed E-state index contributed by atoms with van der Waals surface area (Å²) in [7, 11) is 0. The molecular formula is C15H12N4OS. The fraction of sp³-hybridized carbons (Fsp3) is 0.133. The number of aromatic nitrogens is 4. The van der Waals surface area contributed by atoms with Crippen molar-refractivity contribution in [3.05, 3.63) is 47.4 Å². The van der Waals surface area contributed by atoms with Gasteiger partial charge in [-0.05, 0) is 43.0 Å². The van der Waals surface area contributed by atoms with Crippen molar-refractivity contribution in [2.24, 2.45) is 0 Å². The van der Waals surface area contributed by atoms with Crippen LogP contribution in [-0.2, 0) is 0 Å². The first-order valence-electron chi connectivity index (χ1n) is 6.54. The van der Waals surface area contributed by atoms with Gasteiger partial charge in [0.25, 0.3) is 5.89 Å². The number of thiophene rings is 1. The lowest BCUT2D eigenvalue weighted by atomic mass is 10.2. The SMILES string of the molecule is Cc1ccsc1-c1noc(-c2ccc3cncn3c2C)n1. The molecule has 0 aliphatic rings. The molecule has 21 heavy (non-hydrogen) atoms. The Morgan fingerprint density at radius 2 is 2.10 bits per heavy atom. The van der Waals surface area contributed by atoms with E-state index < -0.39 is 0 Å². The van der Waals surface area contributed by atoms with E-state index in [-0.39, 0.29) is 0 Å². The van der Waals surface area contributed by atoms with Gasteiger partial charge in [0.05, 0.1) is 28.5 Å². The summed E-state index contributed by atoms with van der Waals surface area (Å²) < 4.78 is 7.46. The van der Waals surface area contributed by atoms with E-state index in [4.69, 9.17) is 4.52 Å². The van der Waals surface area contributed by atoms with Crippen molar-refractivity contribution in [1.29, 1.82) is 0 Å². The van der Waals surface area contributed by atoms with Crippen LogP contribution < -0.4 is 0 Å². The van der Waals surface area contributed by atoms with Gasteiger partial charge in [0.1, 0.15) is 0 Å². The fourth-order valence-electron chi connectivity index (χ4n) is 2.38. The third kappa shape index (κ3) is 1.87. The Morgan fingerprint density at radius 1 is 1.19 bits per heavy atom. The molecule has 0 radical (unpaired) electrons. The molecule has 4 heterocycles. The van der Waals surface area contributed by atoms with Crippen LogP contribution in [0.2, 0.25) is 0 Å².